The molecule has 2 aliphatic rings. The minimum atomic E-state index is -1.95. The summed E-state index contributed by atoms with van der Waals surface area (Å²) in [7, 11) is 0. The molecular formula is C47H75NO17. The summed E-state index contributed by atoms with van der Waals surface area (Å²) in [6.07, 6.45) is 0.848. The second kappa shape index (κ2) is 30.0. The van der Waals surface area contributed by atoms with Crippen molar-refractivity contribution in [3.05, 3.63) is 72.9 Å². The first-order chi connectivity index (χ1) is 30.6. The number of carboxylic acids is 1. The fourth-order valence-electron chi connectivity index (χ4n) is 7.45. The molecule has 2 aliphatic heterocycles. The Hall–Kier alpha value is -3.47. The third-order valence-electron chi connectivity index (χ3n) is 11.7. The maximum atomic E-state index is 12.9. The molecule has 2 rings (SSSR count). The average Bonchev–Trinajstić information content (AvgIpc) is 3.22. The largest absolute Gasteiger partial charge is 0.481 e. The van der Waals surface area contributed by atoms with Crippen molar-refractivity contribution in [2.75, 3.05) is 0 Å². The molecule has 0 aromatic carbocycles. The molecule has 0 saturated carbocycles. The summed E-state index contributed by atoms with van der Waals surface area (Å²) in [5.41, 5.74) is 5.96. The molecule has 0 amide bonds. The zero-order chi connectivity index (χ0) is 48.8. The SMILES string of the molecule is C[C@H]1[C@@H](O)[C@H](C)/C=C/C=C/CC/C=C/C=C/C=C/C=C/[C@H](O[C@@H]2O[C@H](C)[C@@H](O)[C@H](N)[C@@H]2O)C[C@H](O)[C@H](C(=O)O)[C@H](O)CC(=O)C[C@H](O)[C@H](O)CC[C@H](O)C[C@H](O)C[C@H](O)CC(=O)O[C@@H]1C. The van der Waals surface area contributed by atoms with E-state index in [2.05, 4.69) is 0 Å². The van der Waals surface area contributed by atoms with Gasteiger partial charge in [-0.05, 0) is 52.4 Å². The predicted molar refractivity (Wildman–Crippen MR) is 238 cm³/mol. The Bertz CT molecular complexity index is 1600. The summed E-state index contributed by atoms with van der Waals surface area (Å²) in [4.78, 5) is 37.8. The van der Waals surface area contributed by atoms with Gasteiger partial charge < -0.3 is 76.1 Å². The number of aliphatic hydroxyl groups is 10. The molecule has 18 atom stereocenters. The first kappa shape index (κ1) is 57.7. The van der Waals surface area contributed by atoms with E-state index >= 15 is 0 Å². The number of ether oxygens (including phenoxy) is 3. The van der Waals surface area contributed by atoms with Gasteiger partial charge >= 0.3 is 11.9 Å². The zero-order valence-corrected chi connectivity index (χ0v) is 37.8. The predicted octanol–water partition coefficient (Wildman–Crippen LogP) is 0.778. The van der Waals surface area contributed by atoms with Gasteiger partial charge in [0.2, 0.25) is 0 Å². The number of hydrogen-bond acceptors (Lipinski definition) is 17. The van der Waals surface area contributed by atoms with Gasteiger partial charge in [-0.3, -0.25) is 14.4 Å². The van der Waals surface area contributed by atoms with E-state index in [-0.39, 0.29) is 31.6 Å². The van der Waals surface area contributed by atoms with E-state index in [1.807, 2.05) is 43.4 Å². The number of ketones is 1. The Morgan fingerprint density at radius 1 is 0.615 bits per heavy atom. The quantitative estimate of drug-likeness (QED) is 0.174. The van der Waals surface area contributed by atoms with Crippen LogP contribution in [0, 0.1) is 17.8 Å². The number of aliphatic carboxylic acids is 1. The maximum Gasteiger partial charge on any atom is 0.311 e. The topological polar surface area (TPSA) is 327 Å². The number of carbonyl (C=O) groups excluding carboxylic acids is 2. The van der Waals surface area contributed by atoms with Crippen LogP contribution in [-0.2, 0) is 28.6 Å². The van der Waals surface area contributed by atoms with Crippen molar-refractivity contribution in [2.45, 2.75) is 184 Å². The van der Waals surface area contributed by atoms with Crippen LogP contribution in [0.3, 0.4) is 0 Å². The number of Topliss-reactive ketones (excluding diaryl/α,β-unsaturated/α-hetero) is 1. The molecule has 370 valence electrons. The summed E-state index contributed by atoms with van der Waals surface area (Å²) >= 11 is 0. The molecule has 13 N–H and O–H groups in total. The molecule has 2 heterocycles. The number of carboxylic acid groups (broad SMARTS) is 1. The van der Waals surface area contributed by atoms with Crippen LogP contribution < -0.4 is 5.73 Å². The minimum Gasteiger partial charge on any atom is -0.481 e. The third kappa shape index (κ3) is 21.4. The van der Waals surface area contributed by atoms with Gasteiger partial charge in [-0.25, -0.2) is 0 Å². The monoisotopic (exact) mass is 926 g/mol. The van der Waals surface area contributed by atoms with Crippen LogP contribution in [0.25, 0.3) is 0 Å². The maximum absolute atomic E-state index is 12.9. The van der Waals surface area contributed by atoms with Crippen molar-refractivity contribution in [1.82, 2.24) is 0 Å². The van der Waals surface area contributed by atoms with Crippen LogP contribution in [0.4, 0.5) is 0 Å². The van der Waals surface area contributed by atoms with E-state index < -0.39 is 147 Å². The Morgan fingerprint density at radius 3 is 1.83 bits per heavy atom. The average molecular weight is 926 g/mol. The molecule has 0 unspecified atom stereocenters. The van der Waals surface area contributed by atoms with Crippen LogP contribution in [-0.4, -0.2) is 166 Å². The van der Waals surface area contributed by atoms with Gasteiger partial charge in [0.05, 0.1) is 79.6 Å². The van der Waals surface area contributed by atoms with Gasteiger partial charge in [0.15, 0.2) is 6.29 Å². The summed E-state index contributed by atoms with van der Waals surface area (Å²) in [6, 6.07) is -1.15. The van der Waals surface area contributed by atoms with Crippen LogP contribution >= 0.6 is 0 Å². The number of aliphatic hydroxyl groups excluding tert-OH is 10. The van der Waals surface area contributed by atoms with E-state index in [0.717, 1.165) is 12.8 Å². The molecule has 0 aromatic rings. The van der Waals surface area contributed by atoms with Crippen LogP contribution in [0.15, 0.2) is 72.9 Å². The third-order valence-corrected chi connectivity index (χ3v) is 11.7. The highest BCUT2D eigenvalue weighted by Crippen LogP contribution is 2.26. The number of allylic oxidation sites excluding steroid dienone is 10. The first-order valence-corrected chi connectivity index (χ1v) is 22.4. The number of cyclic esters (lactones) is 1. The summed E-state index contributed by atoms with van der Waals surface area (Å²) in [5.74, 6) is -5.88. The fraction of sp³-hybridized carbons (Fsp3) is 0.681. The fourth-order valence-corrected chi connectivity index (χ4v) is 7.45. The number of rotatable bonds is 3. The van der Waals surface area contributed by atoms with Crippen molar-refractivity contribution >= 4 is 17.7 Å². The van der Waals surface area contributed by atoms with Crippen molar-refractivity contribution in [2.24, 2.45) is 23.5 Å². The van der Waals surface area contributed by atoms with E-state index in [4.69, 9.17) is 19.9 Å². The highest BCUT2D eigenvalue weighted by molar-refractivity contribution is 5.81. The molecule has 1 saturated heterocycles. The van der Waals surface area contributed by atoms with Crippen molar-refractivity contribution in [3.8, 4) is 0 Å². The second-order valence-corrected chi connectivity index (χ2v) is 17.4. The van der Waals surface area contributed by atoms with Crippen molar-refractivity contribution < 1.29 is 84.8 Å². The lowest BCUT2D eigenvalue weighted by molar-refractivity contribution is -0.277. The normalized spacial score (nSPS) is 42.5. The lowest BCUT2D eigenvalue weighted by Gasteiger charge is -2.41. The Labute approximate surface area is 381 Å². The van der Waals surface area contributed by atoms with Crippen LogP contribution in [0.2, 0.25) is 0 Å². The standard InChI is InChI=1S/C47H75NO17/c1-27-17-15-13-11-9-7-5-6-8-10-12-14-16-18-35(65-47-45(60)42(48)44(59)30(4)64-47)26-39(56)41(46(61)62)38(55)24-34(52)23-37(54)36(53)20-19-31(49)21-32(50)22-33(51)25-40(57)63-29(3)28(2)43(27)58/h5-6,8,10-18,27-33,35-39,41-45,47,49-51,53-56,58-60H,7,9,19-26,48H2,1-4H3,(H,61,62)/b6-5+,10-8+,13-11+,14-12+,17-15+,18-16+/t27-,28-,29-,30-,31+,32+,33+,35+,36-,37+,38-,39+,41-,42+,43+,44-,45+,47+/m1/s1. The molecule has 0 aromatic heterocycles. The lowest BCUT2D eigenvalue weighted by Crippen LogP contribution is -2.61. The Balaban J connectivity index is 2.26. The van der Waals surface area contributed by atoms with Crippen LogP contribution in [0.1, 0.15) is 91.9 Å². The van der Waals surface area contributed by atoms with Crippen molar-refractivity contribution in [1.29, 1.82) is 0 Å². The Kier molecular flexibility index (Phi) is 26.6. The van der Waals surface area contributed by atoms with Gasteiger partial charge in [-0.15, -0.1) is 0 Å². The van der Waals surface area contributed by atoms with Gasteiger partial charge in [0.25, 0.3) is 0 Å². The summed E-state index contributed by atoms with van der Waals surface area (Å²) in [5, 5.41) is 116. The molecule has 0 bridgehead atoms. The zero-order valence-electron chi connectivity index (χ0n) is 37.8. The van der Waals surface area contributed by atoms with Crippen LogP contribution in [0.5, 0.6) is 0 Å². The molecule has 18 heteroatoms. The van der Waals surface area contributed by atoms with Crippen molar-refractivity contribution in [3.63, 3.8) is 0 Å². The van der Waals surface area contributed by atoms with Gasteiger partial charge in [0, 0.05) is 31.1 Å². The second-order valence-electron chi connectivity index (χ2n) is 17.4. The van der Waals surface area contributed by atoms with Gasteiger partial charge in [-0.2, -0.15) is 0 Å². The first-order valence-electron chi connectivity index (χ1n) is 22.4. The summed E-state index contributed by atoms with van der Waals surface area (Å²) < 4.78 is 17.0. The highest BCUT2D eigenvalue weighted by atomic mass is 16.7. The molecule has 18 nitrogen and oxygen atoms in total. The number of nitrogens with two attached hydrogens (primary N) is 1. The number of esters is 1. The number of hydrogen-bond donors (Lipinski definition) is 12. The molecule has 0 aliphatic carbocycles. The highest BCUT2D eigenvalue weighted by Gasteiger charge is 2.43. The molecular weight excluding hydrogens is 851 g/mol. The molecule has 65 heavy (non-hydrogen) atoms. The molecule has 0 radical (unpaired) electrons. The van der Waals surface area contributed by atoms with E-state index in [1.54, 1.807) is 44.2 Å². The molecule has 0 spiro atoms. The van der Waals surface area contributed by atoms with E-state index in [1.165, 1.54) is 13.0 Å². The van der Waals surface area contributed by atoms with Gasteiger partial charge in [-0.1, -0.05) is 86.8 Å². The summed E-state index contributed by atoms with van der Waals surface area (Å²) in [6.45, 7) is 6.73. The molecule has 1 fully saturated rings. The lowest BCUT2D eigenvalue weighted by atomic mass is 9.88. The van der Waals surface area contributed by atoms with E-state index in [0.29, 0.717) is 0 Å². The Morgan fingerprint density at radius 2 is 1.18 bits per heavy atom. The number of carbonyl (C=O) groups is 3. The smallest absolute Gasteiger partial charge is 0.311 e. The minimum absolute atomic E-state index is 0.144. The van der Waals surface area contributed by atoms with Gasteiger partial charge in [0.1, 0.15) is 23.9 Å². The van der Waals surface area contributed by atoms with E-state index in [9.17, 15) is 70.6 Å².